The number of piperidine rings is 1. The second-order valence-corrected chi connectivity index (χ2v) is 6.74. The average Bonchev–Trinajstić information content (AvgIpc) is 3.25. The minimum atomic E-state index is -0.0786. The van der Waals surface area contributed by atoms with Crippen molar-refractivity contribution in [3.8, 4) is 0 Å². The van der Waals surface area contributed by atoms with Gasteiger partial charge in [0, 0.05) is 31.3 Å². The molecule has 0 bridgehead atoms. The molecular weight excluding hydrogens is 252 g/mol. The Morgan fingerprint density at radius 3 is 2.50 bits per heavy atom. The molecule has 20 heavy (non-hydrogen) atoms. The van der Waals surface area contributed by atoms with Gasteiger partial charge in [-0.25, -0.2) is 0 Å². The van der Waals surface area contributed by atoms with Gasteiger partial charge in [-0.15, -0.1) is 0 Å². The third-order valence-electron chi connectivity index (χ3n) is 4.62. The van der Waals surface area contributed by atoms with Crippen LogP contribution in [0.5, 0.6) is 0 Å². The highest BCUT2D eigenvalue weighted by atomic mass is 16.5. The van der Waals surface area contributed by atoms with E-state index in [1.807, 2.05) is 0 Å². The summed E-state index contributed by atoms with van der Waals surface area (Å²) < 4.78 is 5.69. The second kappa shape index (κ2) is 7.74. The Labute approximate surface area is 123 Å². The predicted molar refractivity (Wildman–Crippen MR) is 82.0 cm³/mol. The monoisotopic (exact) mass is 284 g/mol. The maximum Gasteiger partial charge on any atom is 0.0610 e. The molecule has 1 saturated heterocycles. The van der Waals surface area contributed by atoms with E-state index in [-0.39, 0.29) is 12.1 Å². The molecule has 2 N–H and O–H groups in total. The van der Waals surface area contributed by atoms with Crippen LogP contribution in [0.15, 0.2) is 0 Å². The molecule has 1 aliphatic carbocycles. The Balaban J connectivity index is 1.60. The van der Waals surface area contributed by atoms with Crippen LogP contribution in [-0.4, -0.2) is 60.5 Å². The minimum Gasteiger partial charge on any atom is -0.394 e. The molecule has 2 fully saturated rings. The van der Waals surface area contributed by atoms with Gasteiger partial charge in [0.1, 0.15) is 0 Å². The molecule has 0 aromatic heterocycles. The van der Waals surface area contributed by atoms with Crippen LogP contribution in [0.3, 0.4) is 0 Å². The molecule has 0 amide bonds. The molecule has 1 heterocycles. The molecule has 0 radical (unpaired) electrons. The first-order valence-corrected chi connectivity index (χ1v) is 8.38. The van der Waals surface area contributed by atoms with E-state index in [0.717, 1.165) is 39.1 Å². The summed E-state index contributed by atoms with van der Waals surface area (Å²) in [6.45, 7) is 8.80. The van der Waals surface area contributed by atoms with Gasteiger partial charge >= 0.3 is 0 Å². The molecule has 2 rings (SSSR count). The van der Waals surface area contributed by atoms with Crippen molar-refractivity contribution in [2.24, 2.45) is 0 Å². The van der Waals surface area contributed by atoms with E-state index in [1.165, 1.54) is 25.7 Å². The fourth-order valence-electron chi connectivity index (χ4n) is 3.15. The van der Waals surface area contributed by atoms with E-state index >= 15 is 0 Å². The fraction of sp³-hybridized carbons (Fsp3) is 1.00. The number of nitrogens with zero attached hydrogens (tertiary/aromatic N) is 1. The highest BCUT2D eigenvalue weighted by molar-refractivity contribution is 4.92. The summed E-state index contributed by atoms with van der Waals surface area (Å²) in [4.78, 5) is 2.55. The average molecular weight is 284 g/mol. The van der Waals surface area contributed by atoms with Crippen molar-refractivity contribution in [3.05, 3.63) is 0 Å². The Morgan fingerprint density at radius 1 is 1.25 bits per heavy atom. The lowest BCUT2D eigenvalue weighted by molar-refractivity contribution is 0.0134. The Bertz CT molecular complexity index is 276. The molecular formula is C16H32N2O2. The van der Waals surface area contributed by atoms with Crippen LogP contribution in [0.2, 0.25) is 0 Å². The van der Waals surface area contributed by atoms with Crippen molar-refractivity contribution in [3.63, 3.8) is 0 Å². The highest BCUT2D eigenvalue weighted by Gasteiger charge is 2.31. The SMILES string of the molecule is CCOC1CCN(CCCC(C)(CO)NC2CC2)CC1. The van der Waals surface area contributed by atoms with E-state index in [2.05, 4.69) is 24.1 Å². The highest BCUT2D eigenvalue weighted by Crippen LogP contribution is 2.25. The van der Waals surface area contributed by atoms with Crippen LogP contribution in [0.4, 0.5) is 0 Å². The number of likely N-dealkylation sites (tertiary alicyclic amines) is 1. The van der Waals surface area contributed by atoms with Crippen LogP contribution in [0, 0.1) is 0 Å². The lowest BCUT2D eigenvalue weighted by Crippen LogP contribution is -2.47. The smallest absolute Gasteiger partial charge is 0.0610 e. The maximum absolute atomic E-state index is 9.60. The summed E-state index contributed by atoms with van der Waals surface area (Å²) in [7, 11) is 0. The maximum atomic E-state index is 9.60. The number of hydrogen-bond donors (Lipinski definition) is 2. The minimum absolute atomic E-state index is 0.0786. The summed E-state index contributed by atoms with van der Waals surface area (Å²) in [5.41, 5.74) is -0.0786. The van der Waals surface area contributed by atoms with Crippen LogP contribution in [0.25, 0.3) is 0 Å². The summed E-state index contributed by atoms with van der Waals surface area (Å²) in [6.07, 6.45) is 7.61. The third-order valence-corrected chi connectivity index (χ3v) is 4.62. The normalized spacial score (nSPS) is 24.8. The second-order valence-electron chi connectivity index (χ2n) is 6.74. The van der Waals surface area contributed by atoms with Gasteiger partial charge in [0.2, 0.25) is 0 Å². The summed E-state index contributed by atoms with van der Waals surface area (Å²) in [5.74, 6) is 0. The Morgan fingerprint density at radius 2 is 1.95 bits per heavy atom. The van der Waals surface area contributed by atoms with Gasteiger partial charge < -0.3 is 20.1 Å². The van der Waals surface area contributed by atoms with Crippen molar-refractivity contribution in [2.75, 3.05) is 32.8 Å². The summed E-state index contributed by atoms with van der Waals surface area (Å²) >= 11 is 0. The molecule has 0 spiro atoms. The molecule has 118 valence electrons. The van der Waals surface area contributed by atoms with E-state index in [4.69, 9.17) is 4.74 Å². The number of nitrogens with one attached hydrogen (secondary N) is 1. The molecule has 0 aromatic carbocycles. The van der Waals surface area contributed by atoms with Gasteiger partial charge in [-0.1, -0.05) is 0 Å². The lowest BCUT2D eigenvalue weighted by Gasteiger charge is -2.33. The van der Waals surface area contributed by atoms with Gasteiger partial charge in [0.25, 0.3) is 0 Å². The molecule has 0 aromatic rings. The van der Waals surface area contributed by atoms with Crippen molar-refractivity contribution in [1.82, 2.24) is 10.2 Å². The largest absolute Gasteiger partial charge is 0.394 e. The van der Waals surface area contributed by atoms with Crippen molar-refractivity contribution in [2.45, 2.75) is 70.1 Å². The van der Waals surface area contributed by atoms with Crippen molar-refractivity contribution in [1.29, 1.82) is 0 Å². The van der Waals surface area contributed by atoms with E-state index in [0.29, 0.717) is 12.1 Å². The molecule has 1 unspecified atom stereocenters. The standard InChI is InChI=1S/C16H32N2O2/c1-3-20-15-7-11-18(12-8-15)10-4-9-16(2,13-19)17-14-5-6-14/h14-15,17,19H,3-13H2,1-2H3. The van der Waals surface area contributed by atoms with Gasteiger partial charge in [-0.3, -0.25) is 0 Å². The van der Waals surface area contributed by atoms with E-state index in [1.54, 1.807) is 0 Å². The van der Waals surface area contributed by atoms with Gasteiger partial charge in [0.15, 0.2) is 0 Å². The van der Waals surface area contributed by atoms with Crippen molar-refractivity contribution < 1.29 is 9.84 Å². The number of aliphatic hydroxyl groups is 1. The van der Waals surface area contributed by atoms with E-state index < -0.39 is 0 Å². The van der Waals surface area contributed by atoms with Crippen LogP contribution >= 0.6 is 0 Å². The van der Waals surface area contributed by atoms with Gasteiger partial charge in [-0.05, 0) is 58.9 Å². The first-order valence-electron chi connectivity index (χ1n) is 8.38. The molecule has 1 aliphatic heterocycles. The molecule has 1 atom stereocenters. The van der Waals surface area contributed by atoms with Crippen LogP contribution in [0.1, 0.15) is 52.4 Å². The first kappa shape index (κ1) is 16.2. The predicted octanol–water partition coefficient (Wildman–Crippen LogP) is 1.77. The number of ether oxygens (including phenoxy) is 1. The number of hydrogen-bond acceptors (Lipinski definition) is 4. The lowest BCUT2D eigenvalue weighted by atomic mass is 9.96. The summed E-state index contributed by atoms with van der Waals surface area (Å²) in [6, 6.07) is 0.661. The van der Waals surface area contributed by atoms with Gasteiger partial charge in [-0.2, -0.15) is 0 Å². The molecule has 2 aliphatic rings. The third kappa shape index (κ3) is 5.32. The molecule has 1 saturated carbocycles. The Kier molecular flexibility index (Phi) is 6.27. The quantitative estimate of drug-likeness (QED) is 0.677. The zero-order valence-electron chi connectivity index (χ0n) is 13.2. The molecule has 4 heteroatoms. The van der Waals surface area contributed by atoms with E-state index in [9.17, 15) is 5.11 Å². The number of aliphatic hydroxyl groups excluding tert-OH is 1. The van der Waals surface area contributed by atoms with Gasteiger partial charge in [0.05, 0.1) is 12.7 Å². The fourth-order valence-corrected chi connectivity index (χ4v) is 3.15. The topological polar surface area (TPSA) is 44.7 Å². The van der Waals surface area contributed by atoms with Crippen LogP contribution in [-0.2, 0) is 4.74 Å². The zero-order valence-corrected chi connectivity index (χ0v) is 13.2. The summed E-state index contributed by atoms with van der Waals surface area (Å²) in [5, 5.41) is 13.2. The Hall–Kier alpha value is -0.160. The van der Waals surface area contributed by atoms with Crippen molar-refractivity contribution >= 4 is 0 Å². The first-order chi connectivity index (χ1) is 9.65. The molecule has 4 nitrogen and oxygen atoms in total. The number of rotatable bonds is 9. The zero-order chi connectivity index (χ0) is 14.4. The van der Waals surface area contributed by atoms with Crippen LogP contribution < -0.4 is 5.32 Å².